The van der Waals surface area contributed by atoms with Gasteiger partial charge in [-0.15, -0.1) is 0 Å². The van der Waals surface area contributed by atoms with Crippen LogP contribution in [0.1, 0.15) is 46.5 Å². The molecule has 7 heteroatoms. The van der Waals surface area contributed by atoms with E-state index in [-0.39, 0.29) is 40.8 Å². The van der Waals surface area contributed by atoms with Gasteiger partial charge in [-0.3, -0.25) is 14.4 Å². The normalized spacial score (nSPS) is 37.5. The highest BCUT2D eigenvalue weighted by Gasteiger charge is 2.64. The molecule has 2 aliphatic carbocycles. The Kier molecular flexibility index (Phi) is 5.26. The van der Waals surface area contributed by atoms with Gasteiger partial charge in [0.2, 0.25) is 11.8 Å². The number of rotatable bonds is 6. The van der Waals surface area contributed by atoms with Crippen LogP contribution in [-0.2, 0) is 14.4 Å². The molecule has 30 heavy (non-hydrogen) atoms. The fourth-order valence-corrected chi connectivity index (χ4v) is 6.08. The van der Waals surface area contributed by atoms with Crippen molar-refractivity contribution in [2.75, 3.05) is 13.1 Å². The summed E-state index contributed by atoms with van der Waals surface area (Å²) >= 11 is 0. The lowest BCUT2D eigenvalue weighted by Gasteiger charge is -2.36. The molecule has 7 atom stereocenters. The summed E-state index contributed by atoms with van der Waals surface area (Å²) in [5.74, 6) is 0.252. The molecule has 2 saturated heterocycles. The smallest absolute Gasteiger partial charge is 0.238 e. The third-order valence-corrected chi connectivity index (χ3v) is 7.40. The van der Waals surface area contributed by atoms with Crippen LogP contribution >= 0.6 is 0 Å². The Morgan fingerprint density at radius 1 is 1.40 bits per heavy atom. The number of amides is 2. The lowest BCUT2D eigenvalue weighted by Crippen LogP contribution is -2.52. The van der Waals surface area contributed by atoms with Crippen molar-refractivity contribution in [2.24, 2.45) is 34.5 Å². The second kappa shape index (κ2) is 7.49. The Morgan fingerprint density at radius 3 is 2.80 bits per heavy atom. The minimum Gasteiger partial charge on any atom is -0.356 e. The maximum Gasteiger partial charge on any atom is 0.238 e. The zero-order valence-corrected chi connectivity index (χ0v) is 18.0. The van der Waals surface area contributed by atoms with E-state index in [2.05, 4.69) is 54.9 Å². The average molecular weight is 413 g/mol. The van der Waals surface area contributed by atoms with Crippen molar-refractivity contribution in [1.29, 1.82) is 5.26 Å². The van der Waals surface area contributed by atoms with Crippen LogP contribution in [0.25, 0.3) is 0 Å². The van der Waals surface area contributed by atoms with Gasteiger partial charge in [0.05, 0.1) is 17.5 Å². The molecule has 0 aromatic carbocycles. The Balaban J connectivity index is 1.49. The third kappa shape index (κ3) is 3.56. The largest absolute Gasteiger partial charge is 0.356 e. The lowest BCUT2D eigenvalue weighted by molar-refractivity contribution is -0.132. The summed E-state index contributed by atoms with van der Waals surface area (Å²) in [6, 6.07) is 0.950. The van der Waals surface area contributed by atoms with Crippen LogP contribution in [0.3, 0.4) is 0 Å². The van der Waals surface area contributed by atoms with Crippen molar-refractivity contribution in [3.8, 4) is 6.07 Å². The van der Waals surface area contributed by atoms with E-state index in [1.54, 1.807) is 0 Å². The molecular formula is C23H32N4O3. The first-order valence-electron chi connectivity index (χ1n) is 11.1. The van der Waals surface area contributed by atoms with Gasteiger partial charge >= 0.3 is 0 Å². The molecule has 2 amide bonds. The van der Waals surface area contributed by atoms with Gasteiger partial charge < -0.3 is 16.0 Å². The fraction of sp³-hybridized carbons (Fsp3) is 0.739. The van der Waals surface area contributed by atoms with E-state index in [9.17, 15) is 19.6 Å². The van der Waals surface area contributed by atoms with Crippen LogP contribution in [0.5, 0.6) is 0 Å². The molecule has 0 aromatic heterocycles. The topological polar surface area (TPSA) is 111 Å². The first kappa shape index (κ1) is 21.0. The second-order valence-electron chi connectivity index (χ2n) is 10.7. The Bertz CT molecular complexity index is 823. The summed E-state index contributed by atoms with van der Waals surface area (Å²) in [6.45, 7) is 7.54. The highest BCUT2D eigenvalue weighted by Crippen LogP contribution is 2.60. The van der Waals surface area contributed by atoms with E-state index in [1.165, 1.54) is 0 Å². The Labute approximate surface area is 178 Å². The average Bonchev–Trinajstić information content (AvgIpc) is 3.42. The number of hydrogen-bond donors (Lipinski definition) is 3. The number of nitrogens with one attached hydrogen (secondary N) is 3. The van der Waals surface area contributed by atoms with E-state index < -0.39 is 17.5 Å². The van der Waals surface area contributed by atoms with Crippen LogP contribution < -0.4 is 16.0 Å². The predicted molar refractivity (Wildman–Crippen MR) is 111 cm³/mol. The zero-order chi connectivity index (χ0) is 21.7. The zero-order valence-electron chi connectivity index (χ0n) is 18.0. The number of ketones is 1. The van der Waals surface area contributed by atoms with Gasteiger partial charge in [0.1, 0.15) is 11.8 Å². The number of hydrogen-bond acceptors (Lipinski definition) is 5. The van der Waals surface area contributed by atoms with E-state index in [0.29, 0.717) is 38.3 Å². The maximum absolute atomic E-state index is 13.4. The van der Waals surface area contributed by atoms with Gasteiger partial charge in [0.15, 0.2) is 0 Å². The van der Waals surface area contributed by atoms with Gasteiger partial charge in [-0.25, -0.2) is 0 Å². The first-order valence-corrected chi connectivity index (χ1v) is 11.1. The predicted octanol–water partition coefficient (Wildman–Crippen LogP) is 1.31. The summed E-state index contributed by atoms with van der Waals surface area (Å²) in [6.07, 6.45) is 6.53. The summed E-state index contributed by atoms with van der Waals surface area (Å²) in [4.78, 5) is 38.4. The van der Waals surface area contributed by atoms with Crippen LogP contribution in [0.2, 0.25) is 0 Å². The minimum atomic E-state index is -0.706. The number of fused-ring (bicyclic) bond motifs is 5. The number of nitrogens with zero attached hydrogens (tertiary/aromatic N) is 1. The van der Waals surface area contributed by atoms with Crippen molar-refractivity contribution in [3.05, 3.63) is 12.2 Å². The monoisotopic (exact) mass is 412 g/mol. The number of carbonyl (C=O) groups is 3. The van der Waals surface area contributed by atoms with Gasteiger partial charge in [-0.1, -0.05) is 32.9 Å². The van der Waals surface area contributed by atoms with Crippen molar-refractivity contribution >= 4 is 17.6 Å². The molecule has 0 aromatic rings. The molecule has 7 nitrogen and oxygen atoms in total. The van der Waals surface area contributed by atoms with Gasteiger partial charge in [-0.2, -0.15) is 5.26 Å². The first-order chi connectivity index (χ1) is 14.1. The standard InChI is InChI=1S/C23H32N4O3/c1-22(2,3)10-17(28)23-6-4-14(9-23)16-12-26-19(18(16)23)21(30)27-15(11-24)8-13-5-7-25-20(13)29/h4,6,13-16,18-19,26H,5,7-10,12H2,1-3H3,(H,25,29)(H,27,30)/t13-,14?,15-,16?,18?,19?,23?/m0/s1. The van der Waals surface area contributed by atoms with Crippen LogP contribution in [-0.4, -0.2) is 42.8 Å². The maximum atomic E-state index is 13.4. The van der Waals surface area contributed by atoms with Crippen LogP contribution in [0, 0.1) is 45.8 Å². The van der Waals surface area contributed by atoms with Crippen molar-refractivity contribution < 1.29 is 14.4 Å². The number of Topliss-reactive ketones (excluding diaryl/α,β-unsaturated/α-hetero) is 1. The van der Waals surface area contributed by atoms with E-state index >= 15 is 0 Å². The summed E-state index contributed by atoms with van der Waals surface area (Å²) in [5, 5.41) is 18.5. The van der Waals surface area contributed by atoms with Crippen molar-refractivity contribution in [2.45, 2.75) is 58.5 Å². The molecule has 2 heterocycles. The molecular weight excluding hydrogens is 380 g/mol. The summed E-state index contributed by atoms with van der Waals surface area (Å²) in [5.41, 5.74) is -0.686. The molecule has 0 spiro atoms. The lowest BCUT2D eigenvalue weighted by atomic mass is 9.66. The van der Waals surface area contributed by atoms with Crippen molar-refractivity contribution in [3.63, 3.8) is 0 Å². The molecule has 162 valence electrons. The van der Waals surface area contributed by atoms with E-state index in [4.69, 9.17) is 0 Å². The quantitative estimate of drug-likeness (QED) is 0.570. The fourth-order valence-electron chi connectivity index (χ4n) is 6.08. The molecule has 2 bridgehead atoms. The molecule has 3 fully saturated rings. The Hall–Kier alpha value is -2.20. The van der Waals surface area contributed by atoms with Crippen LogP contribution in [0.15, 0.2) is 12.2 Å². The summed E-state index contributed by atoms with van der Waals surface area (Å²) < 4.78 is 0. The number of carbonyl (C=O) groups excluding carboxylic acids is 3. The van der Waals surface area contributed by atoms with Gasteiger partial charge in [-0.05, 0) is 43.1 Å². The highest BCUT2D eigenvalue weighted by atomic mass is 16.2. The number of allylic oxidation sites excluding steroid dienone is 2. The van der Waals surface area contributed by atoms with Gasteiger partial charge in [0, 0.05) is 24.8 Å². The van der Waals surface area contributed by atoms with Crippen LogP contribution in [0.4, 0.5) is 0 Å². The third-order valence-electron chi connectivity index (χ3n) is 7.40. The molecule has 4 rings (SSSR count). The summed E-state index contributed by atoms with van der Waals surface area (Å²) in [7, 11) is 0. The van der Waals surface area contributed by atoms with Crippen molar-refractivity contribution in [1.82, 2.24) is 16.0 Å². The van der Waals surface area contributed by atoms with E-state index in [0.717, 1.165) is 6.42 Å². The molecule has 3 N–H and O–H groups in total. The van der Waals surface area contributed by atoms with E-state index in [1.807, 2.05) is 0 Å². The highest BCUT2D eigenvalue weighted by molar-refractivity contribution is 5.92. The SMILES string of the molecule is CC(C)(C)CC(=O)C12C=CC(C1)C1CNC(C(=O)N[C@H](C#N)C[C@@H]3CCNC3=O)C12. The second-order valence-corrected chi connectivity index (χ2v) is 10.7. The molecule has 2 aliphatic heterocycles. The van der Waals surface area contributed by atoms with Gasteiger partial charge in [0.25, 0.3) is 0 Å². The Morgan fingerprint density at radius 2 is 2.17 bits per heavy atom. The molecule has 5 unspecified atom stereocenters. The molecule has 1 saturated carbocycles. The molecule has 4 aliphatic rings. The minimum absolute atomic E-state index is 0.0477. The number of nitriles is 1. The molecule has 0 radical (unpaired) electrons.